The van der Waals surface area contributed by atoms with Gasteiger partial charge in [-0.05, 0) is 63.1 Å². The molecule has 0 bridgehead atoms. The van der Waals surface area contributed by atoms with Crippen molar-refractivity contribution >= 4 is 51.9 Å². The highest BCUT2D eigenvalue weighted by Gasteiger charge is 2.33. The highest BCUT2D eigenvalue weighted by molar-refractivity contribution is 8.26. The highest BCUT2D eigenvalue weighted by Crippen LogP contribution is 2.34. The molecular weight excluding hydrogens is 416 g/mol. The number of carbonyl (C=O) groups is 2. The largest absolute Gasteiger partial charge is 0.484 e. The number of hydrogen-bond donors (Lipinski definition) is 1. The van der Waals surface area contributed by atoms with Gasteiger partial charge in [-0.15, -0.1) is 0 Å². The molecule has 0 spiro atoms. The van der Waals surface area contributed by atoms with Crippen LogP contribution in [-0.4, -0.2) is 33.7 Å². The molecule has 0 saturated carbocycles. The Hall–Kier alpha value is -2.64. The number of nitrogens with zero attached hydrogens (tertiary/aromatic N) is 1. The smallest absolute Gasteiger partial charge is 0.266 e. The summed E-state index contributed by atoms with van der Waals surface area (Å²) in [7, 11) is 0. The maximum absolute atomic E-state index is 12.5. The maximum Gasteiger partial charge on any atom is 0.266 e. The lowest BCUT2D eigenvalue weighted by molar-refractivity contribution is -0.123. The number of benzene rings is 2. The van der Waals surface area contributed by atoms with Crippen molar-refractivity contribution < 1.29 is 14.3 Å². The summed E-state index contributed by atoms with van der Waals surface area (Å²) in [4.78, 5) is 27.0. The third kappa shape index (κ3) is 5.29. The molecule has 7 heteroatoms. The van der Waals surface area contributed by atoms with Crippen LogP contribution in [0.4, 0.5) is 5.69 Å². The standard InChI is InChI=1S/C23H24N2O3S2/c1-14(2)25-22(27)20(30-23(25)29)12-17-6-5-7-18(11-17)28-13-21(26)24-19-9-8-15(3)10-16(19)4/h5-12,14H,13H2,1-4H3,(H,24,26)/b20-12-. The summed E-state index contributed by atoms with van der Waals surface area (Å²) in [5, 5.41) is 2.86. The minimum Gasteiger partial charge on any atom is -0.484 e. The number of thioether (sulfide) groups is 1. The zero-order valence-corrected chi connectivity index (χ0v) is 19.0. The lowest BCUT2D eigenvalue weighted by Gasteiger charge is -2.18. The molecule has 2 aromatic rings. The Labute approximate surface area is 186 Å². The monoisotopic (exact) mass is 440 g/mol. The average molecular weight is 441 g/mol. The summed E-state index contributed by atoms with van der Waals surface area (Å²) in [6.07, 6.45) is 1.80. The van der Waals surface area contributed by atoms with E-state index in [1.807, 2.05) is 58.0 Å². The van der Waals surface area contributed by atoms with Crippen LogP contribution in [0.3, 0.4) is 0 Å². The van der Waals surface area contributed by atoms with Crippen molar-refractivity contribution in [2.24, 2.45) is 0 Å². The lowest BCUT2D eigenvalue weighted by Crippen LogP contribution is -2.34. The van der Waals surface area contributed by atoms with E-state index in [0.29, 0.717) is 15.0 Å². The van der Waals surface area contributed by atoms with E-state index in [-0.39, 0.29) is 24.5 Å². The van der Waals surface area contributed by atoms with Crippen LogP contribution >= 0.6 is 24.0 Å². The van der Waals surface area contributed by atoms with Crippen LogP contribution in [-0.2, 0) is 9.59 Å². The Balaban J connectivity index is 1.64. The molecule has 30 heavy (non-hydrogen) atoms. The van der Waals surface area contributed by atoms with E-state index in [1.54, 1.807) is 23.1 Å². The fourth-order valence-electron chi connectivity index (χ4n) is 3.06. The molecule has 2 aromatic carbocycles. The number of aryl methyl sites for hydroxylation is 2. The number of nitrogens with one attached hydrogen (secondary N) is 1. The van der Waals surface area contributed by atoms with Crippen LogP contribution in [0, 0.1) is 13.8 Å². The molecular formula is C23H24N2O3S2. The first kappa shape index (κ1) is 22.1. The molecule has 0 radical (unpaired) electrons. The zero-order chi connectivity index (χ0) is 21.8. The van der Waals surface area contributed by atoms with Crippen LogP contribution in [0.5, 0.6) is 5.75 Å². The molecule has 1 aliphatic rings. The average Bonchev–Trinajstić information content (AvgIpc) is 2.96. The van der Waals surface area contributed by atoms with E-state index in [9.17, 15) is 9.59 Å². The van der Waals surface area contributed by atoms with E-state index in [1.165, 1.54) is 11.8 Å². The van der Waals surface area contributed by atoms with Gasteiger partial charge in [0.15, 0.2) is 6.61 Å². The van der Waals surface area contributed by atoms with Crippen LogP contribution in [0.2, 0.25) is 0 Å². The summed E-state index contributed by atoms with van der Waals surface area (Å²) in [6.45, 7) is 7.73. The van der Waals surface area contributed by atoms with Crippen molar-refractivity contribution in [3.8, 4) is 5.75 Å². The van der Waals surface area contributed by atoms with Crippen LogP contribution in [0.25, 0.3) is 6.08 Å². The van der Waals surface area contributed by atoms with Crippen molar-refractivity contribution in [1.29, 1.82) is 0 Å². The normalized spacial score (nSPS) is 15.2. The highest BCUT2D eigenvalue weighted by atomic mass is 32.2. The molecule has 0 aliphatic carbocycles. The molecule has 1 N–H and O–H groups in total. The summed E-state index contributed by atoms with van der Waals surface area (Å²) in [5.41, 5.74) is 3.73. The van der Waals surface area contributed by atoms with Gasteiger partial charge in [0, 0.05) is 11.7 Å². The second kappa shape index (κ2) is 9.45. The Morgan fingerprint density at radius 3 is 2.67 bits per heavy atom. The molecule has 1 heterocycles. The second-order valence-electron chi connectivity index (χ2n) is 7.37. The summed E-state index contributed by atoms with van der Waals surface area (Å²) in [5.74, 6) is 0.239. The number of hydrogen-bond acceptors (Lipinski definition) is 5. The molecule has 156 valence electrons. The first-order chi connectivity index (χ1) is 14.2. The number of rotatable bonds is 6. The SMILES string of the molecule is Cc1ccc(NC(=O)COc2cccc(/C=C3\SC(=S)N(C(C)C)C3=O)c2)c(C)c1. The molecule has 2 amide bonds. The minimum absolute atomic E-state index is 0.0220. The van der Waals surface area contributed by atoms with E-state index >= 15 is 0 Å². The summed E-state index contributed by atoms with van der Waals surface area (Å²) in [6, 6.07) is 13.2. The van der Waals surface area contributed by atoms with Gasteiger partial charge in [0.05, 0.1) is 4.91 Å². The van der Waals surface area contributed by atoms with Gasteiger partial charge in [-0.1, -0.05) is 53.8 Å². The van der Waals surface area contributed by atoms with Crippen molar-refractivity contribution in [2.75, 3.05) is 11.9 Å². The third-order valence-corrected chi connectivity index (χ3v) is 5.85. The Bertz CT molecular complexity index is 1030. The zero-order valence-electron chi connectivity index (χ0n) is 17.4. The Morgan fingerprint density at radius 2 is 2.00 bits per heavy atom. The van der Waals surface area contributed by atoms with Gasteiger partial charge in [-0.2, -0.15) is 0 Å². The lowest BCUT2D eigenvalue weighted by atomic mass is 10.1. The number of thiocarbonyl (C=S) groups is 1. The second-order valence-corrected chi connectivity index (χ2v) is 9.05. The molecule has 1 saturated heterocycles. The summed E-state index contributed by atoms with van der Waals surface area (Å²) >= 11 is 6.61. The predicted octanol–water partition coefficient (Wildman–Crippen LogP) is 4.93. The van der Waals surface area contributed by atoms with Crippen LogP contribution < -0.4 is 10.1 Å². The quantitative estimate of drug-likeness (QED) is 0.510. The van der Waals surface area contributed by atoms with Gasteiger partial charge in [-0.3, -0.25) is 14.5 Å². The first-order valence-corrected chi connectivity index (χ1v) is 10.8. The topological polar surface area (TPSA) is 58.6 Å². The number of anilines is 1. The van der Waals surface area contributed by atoms with E-state index in [4.69, 9.17) is 17.0 Å². The van der Waals surface area contributed by atoms with E-state index in [0.717, 1.165) is 22.4 Å². The van der Waals surface area contributed by atoms with Crippen molar-refractivity contribution in [2.45, 2.75) is 33.7 Å². The van der Waals surface area contributed by atoms with Gasteiger partial charge in [-0.25, -0.2) is 0 Å². The van der Waals surface area contributed by atoms with Gasteiger partial charge in [0.25, 0.3) is 11.8 Å². The van der Waals surface area contributed by atoms with Gasteiger partial charge in [0.1, 0.15) is 10.1 Å². The molecule has 1 fully saturated rings. The predicted molar refractivity (Wildman–Crippen MR) is 127 cm³/mol. The minimum atomic E-state index is -0.231. The molecule has 0 atom stereocenters. The van der Waals surface area contributed by atoms with Crippen molar-refractivity contribution in [1.82, 2.24) is 4.90 Å². The number of ether oxygens (including phenoxy) is 1. The van der Waals surface area contributed by atoms with Crippen LogP contribution in [0.1, 0.15) is 30.5 Å². The third-order valence-electron chi connectivity index (χ3n) is 4.52. The van der Waals surface area contributed by atoms with Crippen molar-refractivity contribution in [3.05, 3.63) is 64.1 Å². The van der Waals surface area contributed by atoms with Crippen molar-refractivity contribution in [3.63, 3.8) is 0 Å². The summed E-state index contributed by atoms with van der Waals surface area (Å²) < 4.78 is 6.21. The van der Waals surface area contributed by atoms with Gasteiger partial charge < -0.3 is 10.1 Å². The number of carbonyl (C=O) groups excluding carboxylic acids is 2. The molecule has 1 aliphatic heterocycles. The molecule has 5 nitrogen and oxygen atoms in total. The number of amides is 2. The fourth-order valence-corrected chi connectivity index (χ4v) is 4.58. The molecule has 0 aromatic heterocycles. The fraction of sp³-hybridized carbons (Fsp3) is 0.261. The van der Waals surface area contributed by atoms with E-state index < -0.39 is 0 Å². The molecule has 0 unspecified atom stereocenters. The van der Waals surface area contributed by atoms with Crippen LogP contribution in [0.15, 0.2) is 47.4 Å². The maximum atomic E-state index is 12.5. The molecule has 3 rings (SSSR count). The Morgan fingerprint density at radius 1 is 1.23 bits per heavy atom. The first-order valence-electron chi connectivity index (χ1n) is 9.61. The van der Waals surface area contributed by atoms with Gasteiger partial charge in [0.2, 0.25) is 0 Å². The van der Waals surface area contributed by atoms with E-state index in [2.05, 4.69) is 5.32 Å². The van der Waals surface area contributed by atoms with Gasteiger partial charge >= 0.3 is 0 Å². The Kier molecular flexibility index (Phi) is 6.95.